The van der Waals surface area contributed by atoms with Crippen LogP contribution in [0.5, 0.6) is 5.75 Å². The molecule has 7 heteroatoms. The molecule has 3 rings (SSSR count). The Morgan fingerprint density at radius 1 is 1.00 bits per heavy atom. The van der Waals surface area contributed by atoms with E-state index < -0.39 is 0 Å². The third-order valence-corrected chi connectivity index (χ3v) is 4.15. The molecule has 0 bridgehead atoms. The van der Waals surface area contributed by atoms with Crippen molar-refractivity contribution in [2.24, 2.45) is 0 Å². The average Bonchev–Trinajstić information content (AvgIpc) is 3.20. The van der Waals surface area contributed by atoms with Gasteiger partial charge < -0.3 is 19.8 Å². The topological polar surface area (TPSA) is 80.6 Å². The highest BCUT2D eigenvalue weighted by molar-refractivity contribution is 9.10. The Labute approximate surface area is 164 Å². The van der Waals surface area contributed by atoms with Gasteiger partial charge in [-0.3, -0.25) is 9.59 Å². The molecule has 2 aromatic carbocycles. The van der Waals surface area contributed by atoms with Gasteiger partial charge in [-0.1, -0.05) is 15.9 Å². The van der Waals surface area contributed by atoms with Crippen molar-refractivity contribution in [3.63, 3.8) is 0 Å². The van der Waals surface area contributed by atoms with Crippen molar-refractivity contribution in [1.29, 1.82) is 0 Å². The van der Waals surface area contributed by atoms with E-state index in [0.717, 1.165) is 4.47 Å². The number of rotatable bonds is 7. The molecule has 27 heavy (non-hydrogen) atoms. The number of carbonyl (C=O) groups excluding carboxylic acids is 2. The van der Waals surface area contributed by atoms with E-state index in [1.54, 1.807) is 54.8 Å². The number of anilines is 1. The fourth-order valence-corrected chi connectivity index (χ4v) is 2.53. The van der Waals surface area contributed by atoms with Crippen molar-refractivity contribution < 1.29 is 18.7 Å². The van der Waals surface area contributed by atoms with Gasteiger partial charge in [-0.25, -0.2) is 0 Å². The lowest BCUT2D eigenvalue weighted by molar-refractivity contribution is -0.118. The maximum Gasteiger partial charge on any atom is 0.262 e. The van der Waals surface area contributed by atoms with Crippen molar-refractivity contribution in [1.82, 2.24) is 5.32 Å². The molecule has 0 spiro atoms. The highest BCUT2D eigenvalue weighted by Gasteiger charge is 2.08. The minimum absolute atomic E-state index is 0.104. The van der Waals surface area contributed by atoms with Crippen LogP contribution in [-0.4, -0.2) is 18.4 Å². The normalized spacial score (nSPS) is 10.3. The number of halogens is 1. The number of hydrogen-bond donors (Lipinski definition) is 2. The van der Waals surface area contributed by atoms with E-state index in [0.29, 0.717) is 29.3 Å². The summed E-state index contributed by atoms with van der Waals surface area (Å²) < 4.78 is 11.5. The summed E-state index contributed by atoms with van der Waals surface area (Å²) in [7, 11) is 0. The van der Waals surface area contributed by atoms with E-state index in [-0.39, 0.29) is 18.4 Å². The molecule has 0 aliphatic heterocycles. The smallest absolute Gasteiger partial charge is 0.262 e. The van der Waals surface area contributed by atoms with Crippen LogP contribution in [0.3, 0.4) is 0 Å². The second-order valence-corrected chi connectivity index (χ2v) is 6.55. The van der Waals surface area contributed by atoms with Gasteiger partial charge in [0.1, 0.15) is 11.5 Å². The van der Waals surface area contributed by atoms with Gasteiger partial charge in [0.05, 0.1) is 12.8 Å². The van der Waals surface area contributed by atoms with E-state index in [2.05, 4.69) is 26.6 Å². The summed E-state index contributed by atoms with van der Waals surface area (Å²) >= 11 is 3.34. The van der Waals surface area contributed by atoms with E-state index >= 15 is 0 Å². The molecule has 2 N–H and O–H groups in total. The minimum atomic E-state index is -0.284. The van der Waals surface area contributed by atoms with Crippen molar-refractivity contribution in [3.8, 4) is 5.75 Å². The van der Waals surface area contributed by atoms with Crippen LogP contribution in [0, 0.1) is 0 Å². The number of furan rings is 1. The summed E-state index contributed by atoms with van der Waals surface area (Å²) in [4.78, 5) is 24.1. The highest BCUT2D eigenvalue weighted by atomic mass is 79.9. The molecular formula is C20H17BrN2O4. The Balaban J connectivity index is 1.47. The molecule has 1 heterocycles. The summed E-state index contributed by atoms with van der Waals surface area (Å²) in [6, 6.07) is 17.4. The standard InChI is InChI=1S/C20H17BrN2O4/c21-15-5-9-17(10-6-15)27-13-19(24)23-16-7-3-14(4-8-16)20(25)22-12-18-2-1-11-26-18/h1-11H,12-13H2,(H,22,25)(H,23,24). The van der Waals surface area contributed by atoms with Gasteiger partial charge in [0.2, 0.25) is 0 Å². The fourth-order valence-electron chi connectivity index (χ4n) is 2.26. The molecule has 0 aliphatic carbocycles. The zero-order valence-corrected chi connectivity index (χ0v) is 15.9. The predicted octanol–water partition coefficient (Wildman–Crippen LogP) is 3.99. The molecule has 0 saturated heterocycles. The molecule has 1 aromatic heterocycles. The zero-order valence-electron chi connectivity index (χ0n) is 14.3. The lowest BCUT2D eigenvalue weighted by Crippen LogP contribution is -2.23. The first-order chi connectivity index (χ1) is 13.1. The molecule has 0 radical (unpaired) electrons. The Hall–Kier alpha value is -3.06. The van der Waals surface area contributed by atoms with Gasteiger partial charge >= 0.3 is 0 Å². The SMILES string of the molecule is O=C(COc1ccc(Br)cc1)Nc1ccc(C(=O)NCc2ccco2)cc1. The van der Waals surface area contributed by atoms with Crippen molar-refractivity contribution in [3.05, 3.63) is 82.7 Å². The van der Waals surface area contributed by atoms with E-state index in [1.165, 1.54) is 0 Å². The van der Waals surface area contributed by atoms with Gasteiger partial charge in [0.25, 0.3) is 11.8 Å². The molecule has 0 unspecified atom stereocenters. The highest BCUT2D eigenvalue weighted by Crippen LogP contribution is 2.16. The molecule has 0 aliphatic rings. The maximum absolute atomic E-state index is 12.1. The number of amides is 2. The molecule has 138 valence electrons. The van der Waals surface area contributed by atoms with Crippen LogP contribution >= 0.6 is 15.9 Å². The first kappa shape index (κ1) is 18.7. The molecular weight excluding hydrogens is 412 g/mol. The van der Waals surface area contributed by atoms with Crippen LogP contribution < -0.4 is 15.4 Å². The predicted molar refractivity (Wildman–Crippen MR) is 105 cm³/mol. The largest absolute Gasteiger partial charge is 0.484 e. The maximum atomic E-state index is 12.1. The van der Waals surface area contributed by atoms with Gasteiger partial charge in [0.15, 0.2) is 6.61 Å². The van der Waals surface area contributed by atoms with E-state index in [9.17, 15) is 9.59 Å². The van der Waals surface area contributed by atoms with Crippen LogP contribution in [0.15, 0.2) is 75.8 Å². The van der Waals surface area contributed by atoms with E-state index in [4.69, 9.17) is 9.15 Å². The molecule has 0 atom stereocenters. The lowest BCUT2D eigenvalue weighted by atomic mass is 10.2. The number of benzene rings is 2. The zero-order chi connectivity index (χ0) is 19.1. The summed E-state index contributed by atoms with van der Waals surface area (Å²) in [6.45, 7) is 0.213. The molecule has 0 fully saturated rings. The molecule has 0 saturated carbocycles. The van der Waals surface area contributed by atoms with Crippen LogP contribution in [0.2, 0.25) is 0 Å². The number of carbonyl (C=O) groups is 2. The van der Waals surface area contributed by atoms with Crippen molar-refractivity contribution in [2.45, 2.75) is 6.54 Å². The monoisotopic (exact) mass is 428 g/mol. The molecule has 6 nitrogen and oxygen atoms in total. The summed E-state index contributed by atoms with van der Waals surface area (Å²) in [6.07, 6.45) is 1.55. The lowest BCUT2D eigenvalue weighted by Gasteiger charge is -2.08. The van der Waals surface area contributed by atoms with Crippen LogP contribution in [0.1, 0.15) is 16.1 Å². The number of ether oxygens (including phenoxy) is 1. The molecule has 2 amide bonds. The third-order valence-electron chi connectivity index (χ3n) is 3.62. The second kappa shape index (κ2) is 9.05. The summed E-state index contributed by atoms with van der Waals surface area (Å²) in [5, 5.41) is 5.48. The fraction of sp³-hybridized carbons (Fsp3) is 0.100. The van der Waals surface area contributed by atoms with Crippen LogP contribution in [0.25, 0.3) is 0 Å². The average molecular weight is 429 g/mol. The van der Waals surface area contributed by atoms with Gasteiger partial charge in [-0.15, -0.1) is 0 Å². The Morgan fingerprint density at radius 3 is 2.41 bits per heavy atom. The van der Waals surface area contributed by atoms with Crippen LogP contribution in [0.4, 0.5) is 5.69 Å². The number of nitrogens with one attached hydrogen (secondary N) is 2. The Bertz CT molecular complexity index is 891. The van der Waals surface area contributed by atoms with E-state index in [1.807, 2.05) is 12.1 Å². The van der Waals surface area contributed by atoms with Gasteiger partial charge in [0, 0.05) is 15.7 Å². The summed E-state index contributed by atoms with van der Waals surface area (Å²) in [5.74, 6) is 0.783. The van der Waals surface area contributed by atoms with Crippen LogP contribution in [-0.2, 0) is 11.3 Å². The third kappa shape index (κ3) is 5.72. The first-order valence-electron chi connectivity index (χ1n) is 8.19. The Kier molecular flexibility index (Phi) is 6.27. The van der Waals surface area contributed by atoms with Gasteiger partial charge in [-0.2, -0.15) is 0 Å². The quantitative estimate of drug-likeness (QED) is 0.595. The van der Waals surface area contributed by atoms with Gasteiger partial charge in [-0.05, 0) is 60.7 Å². The molecule has 3 aromatic rings. The van der Waals surface area contributed by atoms with Crippen molar-refractivity contribution >= 4 is 33.4 Å². The first-order valence-corrected chi connectivity index (χ1v) is 8.98. The van der Waals surface area contributed by atoms with Crippen molar-refractivity contribution in [2.75, 3.05) is 11.9 Å². The second-order valence-electron chi connectivity index (χ2n) is 5.63. The number of hydrogen-bond acceptors (Lipinski definition) is 4. The summed E-state index contributed by atoms with van der Waals surface area (Å²) in [5.41, 5.74) is 1.08. The minimum Gasteiger partial charge on any atom is -0.484 e. The Morgan fingerprint density at radius 2 is 1.74 bits per heavy atom.